The second-order valence-electron chi connectivity index (χ2n) is 6.37. The molecule has 2 aromatic heterocycles. The second-order valence-corrected chi connectivity index (χ2v) is 9.22. The van der Waals surface area contributed by atoms with E-state index in [-0.39, 0.29) is 16.8 Å². The minimum Gasteiger partial charge on any atom is -0.298 e. The minimum atomic E-state index is -3.58. The van der Waals surface area contributed by atoms with Crippen LogP contribution in [0.4, 0.5) is 5.13 Å². The van der Waals surface area contributed by atoms with Crippen LogP contribution in [0, 0.1) is 0 Å². The van der Waals surface area contributed by atoms with E-state index in [4.69, 9.17) is 0 Å². The van der Waals surface area contributed by atoms with Crippen molar-refractivity contribution < 1.29 is 13.2 Å². The van der Waals surface area contributed by atoms with Crippen molar-refractivity contribution in [3.05, 3.63) is 59.7 Å². The van der Waals surface area contributed by atoms with Gasteiger partial charge in [0.05, 0.1) is 10.6 Å². The smallest absolute Gasteiger partial charge is 0.257 e. The van der Waals surface area contributed by atoms with E-state index in [2.05, 4.69) is 15.3 Å². The molecule has 3 aromatic rings. The predicted molar refractivity (Wildman–Crippen MR) is 110 cm³/mol. The van der Waals surface area contributed by atoms with Gasteiger partial charge in [-0.2, -0.15) is 4.31 Å². The summed E-state index contributed by atoms with van der Waals surface area (Å²) in [5, 5.41) is 5.06. The summed E-state index contributed by atoms with van der Waals surface area (Å²) in [5.41, 5.74) is 2.02. The number of benzene rings is 1. The molecular weight excluding hydrogens is 396 g/mol. The number of hydrogen-bond acceptors (Lipinski definition) is 6. The number of hydrogen-bond donors (Lipinski definition) is 1. The second kappa shape index (κ2) is 8.17. The number of carbonyl (C=O) groups is 1. The van der Waals surface area contributed by atoms with E-state index in [1.165, 1.54) is 47.0 Å². The highest BCUT2D eigenvalue weighted by molar-refractivity contribution is 7.89. The molecule has 0 saturated heterocycles. The van der Waals surface area contributed by atoms with Gasteiger partial charge in [-0.25, -0.2) is 13.4 Å². The zero-order valence-corrected chi connectivity index (χ0v) is 17.3. The third kappa shape index (κ3) is 4.27. The number of aromatic nitrogens is 2. The molecule has 1 aromatic carbocycles. The molecular formula is C19H20N4O3S2. The minimum absolute atomic E-state index is 0.148. The van der Waals surface area contributed by atoms with E-state index in [0.29, 0.717) is 10.7 Å². The average molecular weight is 417 g/mol. The molecule has 0 aliphatic carbocycles. The number of nitrogens with zero attached hydrogens (tertiary/aromatic N) is 3. The molecule has 0 aliphatic rings. The number of sulfonamides is 1. The Morgan fingerprint density at radius 2 is 1.75 bits per heavy atom. The van der Waals surface area contributed by atoms with Gasteiger partial charge in [0.1, 0.15) is 0 Å². The Labute approximate surface area is 168 Å². The number of pyridine rings is 1. The van der Waals surface area contributed by atoms with Gasteiger partial charge in [0.25, 0.3) is 5.91 Å². The Balaban J connectivity index is 1.73. The lowest BCUT2D eigenvalue weighted by atomic mass is 10.2. The lowest BCUT2D eigenvalue weighted by Gasteiger charge is -2.20. The van der Waals surface area contributed by atoms with Gasteiger partial charge in [-0.15, -0.1) is 11.3 Å². The molecule has 0 saturated carbocycles. The van der Waals surface area contributed by atoms with Crippen molar-refractivity contribution in [1.82, 2.24) is 14.3 Å². The highest BCUT2D eigenvalue weighted by Gasteiger charge is 2.23. The Morgan fingerprint density at radius 1 is 1.11 bits per heavy atom. The highest BCUT2D eigenvalue weighted by Crippen LogP contribution is 2.25. The SMILES string of the molecule is CC(C)N(C)S(=O)(=O)c1ccc(C(=O)Nc2nc(-c3ccncc3)cs2)cc1. The monoisotopic (exact) mass is 416 g/mol. The van der Waals surface area contributed by atoms with Crippen LogP contribution in [0.5, 0.6) is 0 Å². The highest BCUT2D eigenvalue weighted by atomic mass is 32.2. The van der Waals surface area contributed by atoms with Gasteiger partial charge in [-0.3, -0.25) is 15.1 Å². The van der Waals surface area contributed by atoms with E-state index in [0.717, 1.165) is 11.3 Å². The lowest BCUT2D eigenvalue weighted by Crippen LogP contribution is -2.33. The number of thiazole rings is 1. The number of carbonyl (C=O) groups excluding carboxylic acids is 1. The summed E-state index contributed by atoms with van der Waals surface area (Å²) in [5.74, 6) is -0.350. The zero-order chi connectivity index (χ0) is 20.3. The Morgan fingerprint density at radius 3 is 2.36 bits per heavy atom. The molecule has 9 heteroatoms. The van der Waals surface area contributed by atoms with Gasteiger partial charge in [-0.05, 0) is 50.2 Å². The maximum Gasteiger partial charge on any atom is 0.257 e. The van der Waals surface area contributed by atoms with Crippen molar-refractivity contribution in [3.63, 3.8) is 0 Å². The topological polar surface area (TPSA) is 92.3 Å². The first-order valence-electron chi connectivity index (χ1n) is 8.54. The Bertz CT molecular complexity index is 1060. The maximum atomic E-state index is 12.5. The molecule has 0 bridgehead atoms. The van der Waals surface area contributed by atoms with E-state index >= 15 is 0 Å². The molecule has 2 heterocycles. The van der Waals surface area contributed by atoms with Crippen LogP contribution in [0.3, 0.4) is 0 Å². The van der Waals surface area contributed by atoms with Crippen LogP contribution in [0.15, 0.2) is 59.1 Å². The molecule has 7 nitrogen and oxygen atoms in total. The summed E-state index contributed by atoms with van der Waals surface area (Å²) in [6.07, 6.45) is 3.36. The standard InChI is InChI=1S/C19H20N4O3S2/c1-13(2)23(3)28(25,26)16-6-4-15(5-7-16)18(24)22-19-21-17(12-27-19)14-8-10-20-11-9-14/h4-13H,1-3H3,(H,21,22,24). The van der Waals surface area contributed by atoms with E-state index in [1.807, 2.05) is 17.5 Å². The van der Waals surface area contributed by atoms with Crippen molar-refractivity contribution in [3.8, 4) is 11.3 Å². The van der Waals surface area contributed by atoms with Crippen molar-refractivity contribution in [2.45, 2.75) is 24.8 Å². The van der Waals surface area contributed by atoms with Crippen molar-refractivity contribution >= 4 is 32.4 Å². The average Bonchev–Trinajstić information content (AvgIpc) is 3.16. The fourth-order valence-electron chi connectivity index (χ4n) is 2.38. The fraction of sp³-hybridized carbons (Fsp3) is 0.211. The van der Waals surface area contributed by atoms with Crippen molar-refractivity contribution in [1.29, 1.82) is 0 Å². The summed E-state index contributed by atoms with van der Waals surface area (Å²) >= 11 is 1.32. The first-order valence-corrected chi connectivity index (χ1v) is 10.9. The van der Waals surface area contributed by atoms with Gasteiger partial charge < -0.3 is 0 Å². The molecule has 0 unspecified atom stereocenters. The number of anilines is 1. The van der Waals surface area contributed by atoms with Crippen LogP contribution in [-0.4, -0.2) is 41.7 Å². The lowest BCUT2D eigenvalue weighted by molar-refractivity contribution is 0.102. The molecule has 1 amide bonds. The van der Waals surface area contributed by atoms with Gasteiger partial charge in [0, 0.05) is 42.0 Å². The molecule has 28 heavy (non-hydrogen) atoms. The van der Waals surface area contributed by atoms with Crippen LogP contribution in [0.1, 0.15) is 24.2 Å². The third-order valence-electron chi connectivity index (χ3n) is 4.22. The molecule has 0 atom stereocenters. The summed E-state index contributed by atoms with van der Waals surface area (Å²) in [6, 6.07) is 9.39. The first-order chi connectivity index (χ1) is 13.3. The summed E-state index contributed by atoms with van der Waals surface area (Å²) < 4.78 is 26.3. The van der Waals surface area contributed by atoms with Gasteiger partial charge in [-0.1, -0.05) is 0 Å². The van der Waals surface area contributed by atoms with Crippen LogP contribution in [-0.2, 0) is 10.0 Å². The van der Waals surface area contributed by atoms with Crippen LogP contribution in [0.2, 0.25) is 0 Å². The third-order valence-corrected chi connectivity index (χ3v) is 7.03. The van der Waals surface area contributed by atoms with Gasteiger partial charge in [0.15, 0.2) is 5.13 Å². The summed E-state index contributed by atoms with van der Waals surface area (Å²) in [6.45, 7) is 3.60. The fourth-order valence-corrected chi connectivity index (χ4v) is 4.46. The van der Waals surface area contributed by atoms with Crippen LogP contribution >= 0.6 is 11.3 Å². The Hall–Kier alpha value is -2.62. The number of rotatable bonds is 6. The molecule has 0 aliphatic heterocycles. The first kappa shape index (κ1) is 20.1. The number of amides is 1. The largest absolute Gasteiger partial charge is 0.298 e. The summed E-state index contributed by atoms with van der Waals surface area (Å²) in [4.78, 5) is 21.0. The molecule has 0 fully saturated rings. The van der Waals surface area contributed by atoms with Gasteiger partial charge in [0.2, 0.25) is 10.0 Å². The van der Waals surface area contributed by atoms with Crippen molar-refractivity contribution in [2.24, 2.45) is 0 Å². The van der Waals surface area contributed by atoms with Crippen LogP contribution in [0.25, 0.3) is 11.3 Å². The molecule has 0 spiro atoms. The van der Waals surface area contributed by atoms with E-state index < -0.39 is 10.0 Å². The van der Waals surface area contributed by atoms with E-state index in [9.17, 15) is 13.2 Å². The predicted octanol–water partition coefficient (Wildman–Crippen LogP) is 3.49. The zero-order valence-electron chi connectivity index (χ0n) is 15.7. The van der Waals surface area contributed by atoms with Gasteiger partial charge >= 0.3 is 0 Å². The van der Waals surface area contributed by atoms with Crippen molar-refractivity contribution in [2.75, 3.05) is 12.4 Å². The normalized spacial score (nSPS) is 11.8. The summed E-state index contributed by atoms with van der Waals surface area (Å²) in [7, 11) is -2.05. The molecule has 146 valence electrons. The molecule has 0 radical (unpaired) electrons. The molecule has 3 rings (SSSR count). The Kier molecular flexibility index (Phi) is 5.87. The maximum absolute atomic E-state index is 12.5. The van der Waals surface area contributed by atoms with E-state index in [1.54, 1.807) is 26.2 Å². The number of nitrogens with one attached hydrogen (secondary N) is 1. The molecule has 1 N–H and O–H groups in total. The van der Waals surface area contributed by atoms with Crippen LogP contribution < -0.4 is 5.32 Å². The quantitative estimate of drug-likeness (QED) is 0.664.